The second-order valence-electron chi connectivity index (χ2n) is 5.81. The molecule has 1 heterocycles. The van der Waals surface area contributed by atoms with Crippen molar-refractivity contribution in [2.45, 2.75) is 19.4 Å². The van der Waals surface area contributed by atoms with Gasteiger partial charge in [-0.25, -0.2) is 0 Å². The number of methoxy groups -OCH3 is 1. The third-order valence-corrected chi connectivity index (χ3v) is 3.91. The number of benzene rings is 1. The van der Waals surface area contributed by atoms with Gasteiger partial charge >= 0.3 is 0 Å². The first-order valence-electron chi connectivity index (χ1n) is 6.88. The molecule has 1 aliphatic rings. The lowest BCUT2D eigenvalue weighted by molar-refractivity contribution is -0.119. The number of carbonyl (C=O) groups excluding carboxylic acids is 1. The van der Waals surface area contributed by atoms with E-state index >= 15 is 0 Å². The zero-order chi connectivity index (χ0) is 14.8. The molecule has 2 rings (SSSR count). The van der Waals surface area contributed by atoms with Gasteiger partial charge in [-0.15, -0.1) is 0 Å². The number of amides is 1. The number of likely N-dealkylation sites (tertiary alicyclic amines) is 1. The van der Waals surface area contributed by atoms with Crippen LogP contribution in [0.1, 0.15) is 13.8 Å². The fourth-order valence-corrected chi connectivity index (χ4v) is 2.37. The standard InChI is InChI=1S/C15H23N3O2/c1-11(2)15(16)9-18(10-15)8-14(19)17-12-5-4-6-13(7-12)20-3/h4-7,11H,8-10,16H2,1-3H3,(H,17,19). The summed E-state index contributed by atoms with van der Waals surface area (Å²) in [6, 6.07) is 7.34. The maximum Gasteiger partial charge on any atom is 0.238 e. The zero-order valence-electron chi connectivity index (χ0n) is 12.3. The van der Waals surface area contributed by atoms with Crippen LogP contribution in [-0.4, -0.2) is 43.1 Å². The van der Waals surface area contributed by atoms with E-state index in [-0.39, 0.29) is 11.4 Å². The van der Waals surface area contributed by atoms with E-state index in [1.807, 2.05) is 18.2 Å². The van der Waals surface area contributed by atoms with Crippen molar-refractivity contribution in [3.8, 4) is 5.75 Å². The van der Waals surface area contributed by atoms with Gasteiger partial charge < -0.3 is 15.8 Å². The lowest BCUT2D eigenvalue weighted by Crippen LogP contribution is -2.70. The van der Waals surface area contributed by atoms with Crippen LogP contribution in [0, 0.1) is 5.92 Å². The highest BCUT2D eigenvalue weighted by Crippen LogP contribution is 2.25. The first-order valence-corrected chi connectivity index (χ1v) is 6.88. The topological polar surface area (TPSA) is 67.6 Å². The lowest BCUT2D eigenvalue weighted by atomic mass is 9.80. The van der Waals surface area contributed by atoms with Crippen molar-refractivity contribution in [1.82, 2.24) is 4.90 Å². The number of hydrogen-bond acceptors (Lipinski definition) is 4. The molecule has 5 heteroatoms. The summed E-state index contributed by atoms with van der Waals surface area (Å²) < 4.78 is 5.13. The summed E-state index contributed by atoms with van der Waals surface area (Å²) in [5.41, 5.74) is 6.82. The summed E-state index contributed by atoms with van der Waals surface area (Å²) in [7, 11) is 1.60. The van der Waals surface area contributed by atoms with E-state index < -0.39 is 0 Å². The minimum atomic E-state index is -0.143. The van der Waals surface area contributed by atoms with Crippen molar-refractivity contribution >= 4 is 11.6 Å². The Morgan fingerprint density at radius 2 is 2.20 bits per heavy atom. The molecular weight excluding hydrogens is 254 g/mol. The number of nitrogens with two attached hydrogens (primary N) is 1. The van der Waals surface area contributed by atoms with Crippen LogP contribution in [0.5, 0.6) is 5.75 Å². The smallest absolute Gasteiger partial charge is 0.238 e. The predicted molar refractivity (Wildman–Crippen MR) is 79.8 cm³/mol. The number of carbonyl (C=O) groups is 1. The molecule has 1 aromatic rings. The average Bonchev–Trinajstić information content (AvgIpc) is 2.36. The normalized spacial score (nSPS) is 17.6. The molecule has 1 aliphatic heterocycles. The highest BCUT2D eigenvalue weighted by atomic mass is 16.5. The summed E-state index contributed by atoms with van der Waals surface area (Å²) in [6.45, 7) is 6.16. The van der Waals surface area contributed by atoms with Crippen molar-refractivity contribution < 1.29 is 9.53 Å². The van der Waals surface area contributed by atoms with Gasteiger partial charge in [-0.1, -0.05) is 19.9 Å². The number of anilines is 1. The third-order valence-electron chi connectivity index (χ3n) is 3.91. The van der Waals surface area contributed by atoms with Gasteiger partial charge in [0.25, 0.3) is 0 Å². The van der Waals surface area contributed by atoms with Gasteiger partial charge in [0.15, 0.2) is 0 Å². The Labute approximate surface area is 120 Å². The van der Waals surface area contributed by atoms with Gasteiger partial charge in [0.05, 0.1) is 13.7 Å². The SMILES string of the molecule is COc1cccc(NC(=O)CN2CC(N)(C(C)C)C2)c1. The van der Waals surface area contributed by atoms with Crippen LogP contribution in [0.15, 0.2) is 24.3 Å². The molecule has 20 heavy (non-hydrogen) atoms. The quantitative estimate of drug-likeness (QED) is 0.851. The van der Waals surface area contributed by atoms with Gasteiger partial charge in [-0.05, 0) is 18.1 Å². The minimum absolute atomic E-state index is 0.0240. The Bertz CT molecular complexity index is 482. The summed E-state index contributed by atoms with van der Waals surface area (Å²) in [5.74, 6) is 1.14. The van der Waals surface area contributed by atoms with E-state index in [2.05, 4.69) is 24.1 Å². The van der Waals surface area contributed by atoms with Crippen LogP contribution in [0.4, 0.5) is 5.69 Å². The monoisotopic (exact) mass is 277 g/mol. The molecule has 0 radical (unpaired) electrons. The highest BCUT2D eigenvalue weighted by Gasteiger charge is 2.42. The molecule has 1 saturated heterocycles. The van der Waals surface area contributed by atoms with Gasteiger partial charge in [-0.3, -0.25) is 9.69 Å². The molecule has 1 amide bonds. The summed E-state index contributed by atoms with van der Waals surface area (Å²) in [4.78, 5) is 14.0. The largest absolute Gasteiger partial charge is 0.497 e. The van der Waals surface area contributed by atoms with Crippen LogP contribution in [-0.2, 0) is 4.79 Å². The van der Waals surface area contributed by atoms with Crippen LogP contribution < -0.4 is 15.8 Å². The number of rotatable bonds is 5. The Morgan fingerprint density at radius 3 is 2.80 bits per heavy atom. The molecule has 0 aliphatic carbocycles. The number of nitrogens with one attached hydrogen (secondary N) is 1. The molecule has 0 atom stereocenters. The number of ether oxygens (including phenoxy) is 1. The van der Waals surface area contributed by atoms with E-state index in [9.17, 15) is 4.79 Å². The summed E-state index contributed by atoms with van der Waals surface area (Å²) >= 11 is 0. The lowest BCUT2D eigenvalue weighted by Gasteiger charge is -2.50. The molecule has 3 N–H and O–H groups in total. The predicted octanol–water partition coefficient (Wildman–Crippen LogP) is 1.30. The molecule has 0 bridgehead atoms. The minimum Gasteiger partial charge on any atom is -0.497 e. The summed E-state index contributed by atoms with van der Waals surface area (Å²) in [5, 5.41) is 2.87. The molecule has 1 aromatic carbocycles. The molecule has 0 saturated carbocycles. The van der Waals surface area contributed by atoms with E-state index in [0.717, 1.165) is 24.5 Å². The van der Waals surface area contributed by atoms with Gasteiger partial charge in [0, 0.05) is 30.4 Å². The van der Waals surface area contributed by atoms with E-state index in [1.165, 1.54) is 0 Å². The molecule has 1 fully saturated rings. The van der Waals surface area contributed by atoms with Gasteiger partial charge in [-0.2, -0.15) is 0 Å². The zero-order valence-corrected chi connectivity index (χ0v) is 12.3. The molecular formula is C15H23N3O2. The highest BCUT2D eigenvalue weighted by molar-refractivity contribution is 5.92. The van der Waals surface area contributed by atoms with E-state index in [0.29, 0.717) is 12.5 Å². The third kappa shape index (κ3) is 3.29. The van der Waals surface area contributed by atoms with Gasteiger partial charge in [0.2, 0.25) is 5.91 Å². The maximum atomic E-state index is 12.0. The van der Waals surface area contributed by atoms with Crippen LogP contribution in [0.3, 0.4) is 0 Å². The Morgan fingerprint density at radius 1 is 1.50 bits per heavy atom. The second kappa shape index (κ2) is 5.81. The van der Waals surface area contributed by atoms with E-state index in [1.54, 1.807) is 13.2 Å². The Hall–Kier alpha value is -1.59. The summed E-state index contributed by atoms with van der Waals surface area (Å²) in [6.07, 6.45) is 0. The fraction of sp³-hybridized carbons (Fsp3) is 0.533. The van der Waals surface area contributed by atoms with Crippen LogP contribution >= 0.6 is 0 Å². The van der Waals surface area contributed by atoms with Crippen molar-refractivity contribution in [2.24, 2.45) is 11.7 Å². The molecule has 0 aromatic heterocycles. The van der Waals surface area contributed by atoms with Crippen molar-refractivity contribution in [2.75, 3.05) is 32.1 Å². The molecule has 5 nitrogen and oxygen atoms in total. The Kier molecular flexibility index (Phi) is 4.30. The second-order valence-corrected chi connectivity index (χ2v) is 5.81. The fourth-order valence-electron chi connectivity index (χ4n) is 2.37. The van der Waals surface area contributed by atoms with E-state index in [4.69, 9.17) is 10.5 Å². The maximum absolute atomic E-state index is 12.0. The van der Waals surface area contributed by atoms with Crippen molar-refractivity contribution in [1.29, 1.82) is 0 Å². The number of nitrogens with zero attached hydrogens (tertiary/aromatic N) is 1. The van der Waals surface area contributed by atoms with Crippen LogP contribution in [0.25, 0.3) is 0 Å². The van der Waals surface area contributed by atoms with Gasteiger partial charge in [0.1, 0.15) is 5.75 Å². The molecule has 0 unspecified atom stereocenters. The first kappa shape index (κ1) is 14.8. The number of hydrogen-bond donors (Lipinski definition) is 2. The average molecular weight is 277 g/mol. The van der Waals surface area contributed by atoms with Crippen molar-refractivity contribution in [3.05, 3.63) is 24.3 Å². The first-order chi connectivity index (χ1) is 9.43. The Balaban J connectivity index is 1.82. The molecule has 110 valence electrons. The molecule has 0 spiro atoms. The van der Waals surface area contributed by atoms with Crippen molar-refractivity contribution in [3.63, 3.8) is 0 Å². The van der Waals surface area contributed by atoms with Crippen LogP contribution in [0.2, 0.25) is 0 Å².